The van der Waals surface area contributed by atoms with E-state index in [4.69, 9.17) is 14.7 Å². The van der Waals surface area contributed by atoms with Crippen molar-refractivity contribution in [2.24, 2.45) is 0 Å². The van der Waals surface area contributed by atoms with Crippen LogP contribution in [-0.4, -0.2) is 52.3 Å². The maximum absolute atomic E-state index is 13.2. The third kappa shape index (κ3) is 5.62. The van der Waals surface area contributed by atoms with Crippen molar-refractivity contribution in [3.63, 3.8) is 0 Å². The number of rotatable bonds is 7. The number of nitrogens with zero attached hydrogens (tertiary/aromatic N) is 3. The Morgan fingerprint density at radius 3 is 2.59 bits per heavy atom. The monoisotopic (exact) mass is 454 g/mol. The molecule has 0 aliphatic carbocycles. The number of halogens is 1. The molecule has 2 atom stereocenters. The van der Waals surface area contributed by atoms with Crippen LogP contribution in [0.2, 0.25) is 0 Å². The lowest BCUT2D eigenvalue weighted by molar-refractivity contribution is -0.120. The van der Waals surface area contributed by atoms with Gasteiger partial charge in [-0.15, -0.1) is 0 Å². The molecule has 32 heavy (non-hydrogen) atoms. The molecule has 0 saturated carbocycles. The van der Waals surface area contributed by atoms with Crippen molar-refractivity contribution in [3.05, 3.63) is 65.7 Å². The molecule has 1 fully saturated rings. The minimum atomic E-state index is -0.354. The molecule has 1 amide bonds. The van der Waals surface area contributed by atoms with Gasteiger partial charge in [-0.25, -0.2) is 14.4 Å². The van der Waals surface area contributed by atoms with Crippen LogP contribution in [0.25, 0.3) is 10.9 Å². The molecular weight excluding hydrogens is 427 g/mol. The lowest BCUT2D eigenvalue weighted by atomic mass is 10.1. The second-order valence-electron chi connectivity index (χ2n) is 7.89. The molecule has 2 aromatic carbocycles. The van der Waals surface area contributed by atoms with E-state index in [9.17, 15) is 9.18 Å². The van der Waals surface area contributed by atoms with E-state index >= 15 is 0 Å². The molecule has 2 heterocycles. The summed E-state index contributed by atoms with van der Waals surface area (Å²) >= 11 is 1.43. The highest BCUT2D eigenvalue weighted by atomic mass is 32.2. The van der Waals surface area contributed by atoms with Crippen molar-refractivity contribution in [2.45, 2.75) is 36.7 Å². The topological polar surface area (TPSA) is 67.3 Å². The number of carbonyl (C=O) groups is 1. The fraction of sp³-hybridized carbons (Fsp3) is 0.375. The van der Waals surface area contributed by atoms with E-state index in [1.165, 1.54) is 23.9 Å². The van der Waals surface area contributed by atoms with Crippen molar-refractivity contribution >= 4 is 28.6 Å². The van der Waals surface area contributed by atoms with E-state index in [0.29, 0.717) is 6.54 Å². The number of para-hydroxylation sites is 1. The quantitative estimate of drug-likeness (QED) is 0.431. The Balaban J connectivity index is 1.49. The van der Waals surface area contributed by atoms with Gasteiger partial charge >= 0.3 is 0 Å². The summed E-state index contributed by atoms with van der Waals surface area (Å²) in [5, 5.41) is 4.40. The van der Waals surface area contributed by atoms with Gasteiger partial charge in [0.1, 0.15) is 16.7 Å². The number of nitrogens with one attached hydrogen (secondary N) is 1. The molecule has 3 aromatic rings. The zero-order valence-electron chi connectivity index (χ0n) is 18.3. The van der Waals surface area contributed by atoms with Gasteiger partial charge in [0.05, 0.1) is 36.6 Å². The molecule has 2 unspecified atom stereocenters. The molecule has 0 radical (unpaired) electrons. The largest absolute Gasteiger partial charge is 0.379 e. The number of ether oxygens (including phenoxy) is 1. The SMILES string of the molecule is CC(Sc1nc(CN2CCOCC2)nc2ccccc12)C(=O)NC(C)c1ccc(F)cc1. The molecule has 0 bridgehead atoms. The van der Waals surface area contributed by atoms with Crippen LogP contribution in [0, 0.1) is 5.82 Å². The molecule has 168 valence electrons. The van der Waals surface area contributed by atoms with Gasteiger partial charge in [-0.05, 0) is 37.6 Å². The molecule has 0 spiro atoms. The summed E-state index contributed by atoms with van der Waals surface area (Å²) < 4.78 is 18.6. The normalized spacial score (nSPS) is 16.6. The lowest BCUT2D eigenvalue weighted by Crippen LogP contribution is -2.36. The van der Waals surface area contributed by atoms with E-state index in [1.807, 2.05) is 38.1 Å². The molecule has 1 saturated heterocycles. The summed E-state index contributed by atoms with van der Waals surface area (Å²) in [7, 11) is 0. The first-order valence-electron chi connectivity index (χ1n) is 10.8. The van der Waals surface area contributed by atoms with Crippen molar-refractivity contribution in [1.82, 2.24) is 20.2 Å². The van der Waals surface area contributed by atoms with Crippen molar-refractivity contribution in [2.75, 3.05) is 26.3 Å². The summed E-state index contributed by atoms with van der Waals surface area (Å²) in [4.78, 5) is 24.7. The summed E-state index contributed by atoms with van der Waals surface area (Å²) in [6.45, 7) is 7.58. The zero-order chi connectivity index (χ0) is 22.5. The molecule has 4 rings (SSSR count). The number of aromatic nitrogens is 2. The number of morpholine rings is 1. The van der Waals surface area contributed by atoms with Crippen molar-refractivity contribution in [3.8, 4) is 0 Å². The van der Waals surface area contributed by atoms with Gasteiger partial charge in [0.25, 0.3) is 0 Å². The molecule has 1 aliphatic heterocycles. The van der Waals surface area contributed by atoms with Crippen molar-refractivity contribution in [1.29, 1.82) is 0 Å². The second kappa shape index (κ2) is 10.4. The number of hydrogen-bond acceptors (Lipinski definition) is 6. The van der Waals surface area contributed by atoms with E-state index in [0.717, 1.165) is 53.6 Å². The summed E-state index contributed by atoms with van der Waals surface area (Å²) in [6, 6.07) is 13.8. The van der Waals surface area contributed by atoms with Crippen LogP contribution in [-0.2, 0) is 16.1 Å². The van der Waals surface area contributed by atoms with Crippen molar-refractivity contribution < 1.29 is 13.9 Å². The molecule has 6 nitrogen and oxygen atoms in total. The highest BCUT2D eigenvalue weighted by molar-refractivity contribution is 8.00. The Morgan fingerprint density at radius 2 is 1.84 bits per heavy atom. The predicted octanol–water partition coefficient (Wildman–Crippen LogP) is 3.96. The average molecular weight is 455 g/mol. The third-order valence-electron chi connectivity index (χ3n) is 5.47. The highest BCUT2D eigenvalue weighted by Gasteiger charge is 2.21. The first-order valence-corrected chi connectivity index (χ1v) is 11.7. The van der Waals surface area contributed by atoms with Gasteiger partial charge in [0.2, 0.25) is 5.91 Å². The van der Waals surface area contributed by atoms with Gasteiger partial charge < -0.3 is 10.1 Å². The fourth-order valence-corrected chi connectivity index (χ4v) is 4.57. The number of amides is 1. The number of carbonyl (C=O) groups excluding carboxylic acids is 1. The molecule has 1 aromatic heterocycles. The maximum Gasteiger partial charge on any atom is 0.233 e. The minimum absolute atomic E-state index is 0.0933. The smallest absolute Gasteiger partial charge is 0.233 e. The number of hydrogen-bond donors (Lipinski definition) is 1. The predicted molar refractivity (Wildman–Crippen MR) is 124 cm³/mol. The van der Waals surface area contributed by atoms with Crippen LogP contribution in [0.15, 0.2) is 53.6 Å². The number of thioether (sulfide) groups is 1. The van der Waals surface area contributed by atoms with Gasteiger partial charge in [-0.2, -0.15) is 0 Å². The first-order chi connectivity index (χ1) is 15.5. The summed E-state index contributed by atoms with van der Waals surface area (Å²) in [6.07, 6.45) is 0. The van der Waals surface area contributed by atoms with Gasteiger partial charge in [0.15, 0.2) is 0 Å². The molecular formula is C24H27FN4O2S. The van der Waals surface area contributed by atoms with E-state index < -0.39 is 0 Å². The Hall–Kier alpha value is -2.55. The van der Waals surface area contributed by atoms with E-state index in [-0.39, 0.29) is 23.0 Å². The molecule has 8 heteroatoms. The fourth-order valence-electron chi connectivity index (χ4n) is 3.60. The van der Waals surface area contributed by atoms with Gasteiger partial charge in [0, 0.05) is 18.5 Å². The van der Waals surface area contributed by atoms with Crippen LogP contribution in [0.5, 0.6) is 0 Å². The minimum Gasteiger partial charge on any atom is -0.379 e. The second-order valence-corrected chi connectivity index (χ2v) is 9.22. The zero-order valence-corrected chi connectivity index (χ0v) is 19.1. The number of benzene rings is 2. The third-order valence-corrected chi connectivity index (χ3v) is 6.57. The maximum atomic E-state index is 13.2. The van der Waals surface area contributed by atoms with Crippen LogP contribution in [0.3, 0.4) is 0 Å². The van der Waals surface area contributed by atoms with Gasteiger partial charge in [-0.1, -0.05) is 42.1 Å². The average Bonchev–Trinajstić information content (AvgIpc) is 2.80. The summed E-state index contributed by atoms with van der Waals surface area (Å²) in [5.41, 5.74) is 1.73. The van der Waals surface area contributed by atoms with E-state index in [1.54, 1.807) is 12.1 Å². The van der Waals surface area contributed by atoms with Gasteiger partial charge in [-0.3, -0.25) is 9.69 Å². The van der Waals surface area contributed by atoms with E-state index in [2.05, 4.69) is 10.2 Å². The van der Waals surface area contributed by atoms with Crippen LogP contribution < -0.4 is 5.32 Å². The highest BCUT2D eigenvalue weighted by Crippen LogP contribution is 2.29. The lowest BCUT2D eigenvalue weighted by Gasteiger charge is -2.26. The molecule has 1 aliphatic rings. The van der Waals surface area contributed by atoms with Crippen LogP contribution in [0.1, 0.15) is 31.3 Å². The summed E-state index contributed by atoms with van der Waals surface area (Å²) in [5.74, 6) is 0.365. The standard InChI is InChI=1S/C24H27FN4O2S/c1-16(18-7-9-19(25)10-8-18)26-23(30)17(2)32-24-20-5-3-4-6-21(20)27-22(28-24)15-29-11-13-31-14-12-29/h3-10,16-17H,11-15H2,1-2H3,(H,26,30). The van der Waals surface area contributed by atoms with Crippen LogP contribution in [0.4, 0.5) is 4.39 Å². The number of fused-ring (bicyclic) bond motifs is 1. The Morgan fingerprint density at radius 1 is 1.12 bits per heavy atom. The Bertz CT molecular complexity index is 1070. The Kier molecular flexibility index (Phi) is 7.34. The molecule has 1 N–H and O–H groups in total. The Labute approximate surface area is 191 Å². The van der Waals surface area contributed by atoms with Crippen LogP contribution >= 0.6 is 11.8 Å². The first kappa shape index (κ1) is 22.6.